The highest BCUT2D eigenvalue weighted by Gasteiger charge is 2.75. The van der Waals surface area contributed by atoms with Crippen molar-refractivity contribution in [3.05, 3.63) is 138 Å². The summed E-state index contributed by atoms with van der Waals surface area (Å²) in [6.45, 7) is 4.45. The number of benzene rings is 4. The van der Waals surface area contributed by atoms with E-state index in [2.05, 4.69) is 86.6 Å². The number of carbonyl (C=O) groups is 2. The average Bonchev–Trinajstić information content (AvgIpc) is 3.82. The minimum absolute atomic E-state index is 0.0354. The Morgan fingerprint density at radius 3 is 2.00 bits per heavy atom. The largest absolute Gasteiger partial charge is 0.382 e. The van der Waals surface area contributed by atoms with Gasteiger partial charge in [-0.2, -0.15) is 0 Å². The first-order valence-corrected chi connectivity index (χ1v) is 16.5. The molecule has 4 aromatic carbocycles. The van der Waals surface area contributed by atoms with Crippen LogP contribution < -0.4 is 5.01 Å². The van der Waals surface area contributed by atoms with E-state index < -0.39 is 16.9 Å². The fraction of sp³-hybridized carbons (Fsp3) is 0.325. The third kappa shape index (κ3) is 3.98. The van der Waals surface area contributed by atoms with Gasteiger partial charge in [-0.25, -0.2) is 10.0 Å². The van der Waals surface area contributed by atoms with Crippen molar-refractivity contribution in [2.24, 2.45) is 21.9 Å². The van der Waals surface area contributed by atoms with Crippen molar-refractivity contribution >= 4 is 23.2 Å². The number of para-hydroxylation sites is 1. The summed E-state index contributed by atoms with van der Waals surface area (Å²) in [5.74, 6) is 0.241. The molecule has 0 N–H and O–H groups in total. The van der Waals surface area contributed by atoms with Gasteiger partial charge in [0, 0.05) is 6.42 Å². The molecule has 2 aliphatic heterocycles. The SMILES string of the molecule is CC1(C)C2CCC13C(=O)N(c1ccccc1)N(C(=O)[C@H]1CC(C(Cc4ccccc4)(c4ccccc4)c4ccccc4)=NO1)C3C2. The Hall–Kier alpha value is -4.71. The summed E-state index contributed by atoms with van der Waals surface area (Å²) in [5, 5.41) is 8.21. The zero-order chi connectivity index (χ0) is 31.5. The zero-order valence-electron chi connectivity index (χ0n) is 26.4. The summed E-state index contributed by atoms with van der Waals surface area (Å²) in [7, 11) is 0. The Labute approximate surface area is 270 Å². The van der Waals surface area contributed by atoms with Crippen LogP contribution in [0.1, 0.15) is 56.2 Å². The monoisotopic (exact) mass is 609 g/mol. The first-order valence-electron chi connectivity index (χ1n) is 16.5. The summed E-state index contributed by atoms with van der Waals surface area (Å²) in [6.07, 6.45) is 2.79. The van der Waals surface area contributed by atoms with Gasteiger partial charge in [0.25, 0.3) is 11.8 Å². The molecule has 46 heavy (non-hydrogen) atoms. The van der Waals surface area contributed by atoms with Crippen LogP contribution in [0, 0.1) is 16.7 Å². The molecule has 2 bridgehead atoms. The van der Waals surface area contributed by atoms with E-state index >= 15 is 0 Å². The van der Waals surface area contributed by atoms with Crippen molar-refractivity contribution < 1.29 is 14.4 Å². The van der Waals surface area contributed by atoms with E-state index in [0.29, 0.717) is 18.8 Å². The van der Waals surface area contributed by atoms with Crippen LogP contribution in [0.2, 0.25) is 0 Å². The summed E-state index contributed by atoms with van der Waals surface area (Å²) in [6, 6.07) is 40.7. The molecule has 2 heterocycles. The van der Waals surface area contributed by atoms with Gasteiger partial charge in [-0.3, -0.25) is 9.59 Å². The summed E-state index contributed by atoms with van der Waals surface area (Å²) in [5.41, 5.74) is 3.43. The molecular weight excluding hydrogens is 570 g/mol. The van der Waals surface area contributed by atoms with E-state index in [1.807, 2.05) is 48.5 Å². The van der Waals surface area contributed by atoms with Gasteiger partial charge in [0.15, 0.2) is 0 Å². The lowest BCUT2D eigenvalue weighted by atomic mass is 9.66. The fourth-order valence-electron chi connectivity index (χ4n) is 9.31. The summed E-state index contributed by atoms with van der Waals surface area (Å²) in [4.78, 5) is 35.6. The van der Waals surface area contributed by atoms with Crippen molar-refractivity contribution in [3.8, 4) is 0 Å². The van der Waals surface area contributed by atoms with Gasteiger partial charge in [-0.1, -0.05) is 128 Å². The Morgan fingerprint density at radius 2 is 1.41 bits per heavy atom. The number of anilines is 1. The van der Waals surface area contributed by atoms with E-state index in [-0.39, 0.29) is 23.3 Å². The van der Waals surface area contributed by atoms with Crippen LogP contribution in [0.25, 0.3) is 0 Å². The third-order valence-corrected chi connectivity index (χ3v) is 11.7. The number of oxime groups is 1. The van der Waals surface area contributed by atoms with E-state index in [1.54, 1.807) is 10.0 Å². The highest BCUT2D eigenvalue weighted by Crippen LogP contribution is 2.70. The molecule has 4 aliphatic rings. The first-order chi connectivity index (χ1) is 22.4. The molecule has 2 aliphatic carbocycles. The fourth-order valence-corrected chi connectivity index (χ4v) is 9.31. The third-order valence-electron chi connectivity index (χ3n) is 11.7. The number of hydrogen-bond acceptors (Lipinski definition) is 4. The van der Waals surface area contributed by atoms with Gasteiger partial charge in [0.2, 0.25) is 6.10 Å². The molecule has 1 saturated heterocycles. The maximum atomic E-state index is 14.8. The molecule has 3 unspecified atom stereocenters. The van der Waals surface area contributed by atoms with Gasteiger partial charge in [0.1, 0.15) is 0 Å². The minimum atomic E-state index is -0.839. The van der Waals surface area contributed by atoms with Gasteiger partial charge in [-0.15, -0.1) is 0 Å². The predicted octanol–water partition coefficient (Wildman–Crippen LogP) is 7.35. The number of carbonyl (C=O) groups excluding carboxylic acids is 2. The molecule has 2 amide bonds. The van der Waals surface area contributed by atoms with Crippen LogP contribution in [-0.4, -0.2) is 34.7 Å². The number of rotatable bonds is 7. The Balaban J connectivity index is 1.19. The molecule has 1 spiro atoms. The quantitative estimate of drug-likeness (QED) is 0.220. The van der Waals surface area contributed by atoms with Crippen LogP contribution in [0.4, 0.5) is 5.69 Å². The van der Waals surface area contributed by atoms with Crippen LogP contribution in [0.5, 0.6) is 0 Å². The van der Waals surface area contributed by atoms with E-state index in [1.165, 1.54) is 5.56 Å². The van der Waals surface area contributed by atoms with Gasteiger partial charge in [-0.05, 0) is 65.8 Å². The number of fused-ring (bicyclic) bond motifs is 1. The molecule has 4 aromatic rings. The minimum Gasteiger partial charge on any atom is -0.382 e. The molecule has 8 rings (SSSR count). The maximum Gasteiger partial charge on any atom is 0.286 e. The van der Waals surface area contributed by atoms with Crippen molar-refractivity contribution in [1.82, 2.24) is 5.01 Å². The predicted molar refractivity (Wildman–Crippen MR) is 179 cm³/mol. The molecular formula is C40H39N3O3. The molecule has 0 radical (unpaired) electrons. The van der Waals surface area contributed by atoms with E-state index in [0.717, 1.165) is 41.8 Å². The van der Waals surface area contributed by atoms with Crippen molar-refractivity contribution in [2.75, 3.05) is 5.01 Å². The lowest BCUT2D eigenvalue weighted by molar-refractivity contribution is -0.145. The topological polar surface area (TPSA) is 62.2 Å². The highest BCUT2D eigenvalue weighted by molar-refractivity contribution is 6.07. The Kier molecular flexibility index (Phi) is 6.68. The van der Waals surface area contributed by atoms with Gasteiger partial charge in [0.05, 0.1) is 28.3 Å². The summed E-state index contributed by atoms with van der Waals surface area (Å²) < 4.78 is 0. The lowest BCUT2D eigenvalue weighted by Gasteiger charge is -2.36. The van der Waals surface area contributed by atoms with Crippen LogP contribution in [0.15, 0.2) is 126 Å². The number of hydrazine groups is 1. The Bertz CT molecular complexity index is 1750. The highest BCUT2D eigenvalue weighted by atomic mass is 16.6. The molecule has 0 aromatic heterocycles. The van der Waals surface area contributed by atoms with Crippen molar-refractivity contribution in [3.63, 3.8) is 0 Å². The first kappa shape index (κ1) is 28.7. The Morgan fingerprint density at radius 1 is 0.848 bits per heavy atom. The van der Waals surface area contributed by atoms with Crippen LogP contribution >= 0.6 is 0 Å². The van der Waals surface area contributed by atoms with Gasteiger partial charge < -0.3 is 4.84 Å². The maximum absolute atomic E-state index is 14.8. The normalized spacial score (nSPS) is 26.2. The molecule has 6 heteroatoms. The second kappa shape index (κ2) is 10.7. The number of amides is 2. The second-order valence-corrected chi connectivity index (χ2v) is 14.0. The standard InChI is InChI=1S/C40H39N3O3/c1-38(2)31-23-24-40(38)35(25-31)43(42(37(40)45)32-21-13-6-14-22-32)36(44)33-26-34(41-46-33)39(29-17-9-4-10-18-29,30-19-11-5-12-20-30)27-28-15-7-3-8-16-28/h3-22,31,33,35H,23-27H2,1-2H3/t31?,33-,35?,40?/m1/s1. The molecule has 4 atom stereocenters. The zero-order valence-corrected chi connectivity index (χ0v) is 26.4. The van der Waals surface area contributed by atoms with E-state index in [9.17, 15) is 9.59 Å². The average molecular weight is 610 g/mol. The molecule has 232 valence electrons. The van der Waals surface area contributed by atoms with Gasteiger partial charge >= 0.3 is 0 Å². The summed E-state index contributed by atoms with van der Waals surface area (Å²) >= 11 is 0. The molecule has 6 nitrogen and oxygen atoms in total. The van der Waals surface area contributed by atoms with E-state index in [4.69, 9.17) is 9.99 Å². The van der Waals surface area contributed by atoms with Crippen LogP contribution in [-0.2, 0) is 26.3 Å². The van der Waals surface area contributed by atoms with Crippen LogP contribution in [0.3, 0.4) is 0 Å². The molecule has 2 saturated carbocycles. The van der Waals surface area contributed by atoms with Crippen molar-refractivity contribution in [1.29, 1.82) is 0 Å². The number of hydrogen-bond donors (Lipinski definition) is 0. The number of nitrogens with zero attached hydrogens (tertiary/aromatic N) is 3. The second-order valence-electron chi connectivity index (χ2n) is 14.0. The molecule has 3 fully saturated rings. The lowest BCUT2D eigenvalue weighted by Crippen LogP contribution is -2.52. The van der Waals surface area contributed by atoms with Crippen molar-refractivity contribution in [2.45, 2.75) is 63.5 Å². The smallest absolute Gasteiger partial charge is 0.286 e.